The van der Waals surface area contributed by atoms with Crippen LogP contribution in [0.25, 0.3) is 10.8 Å². The molecule has 0 aliphatic rings. The van der Waals surface area contributed by atoms with Gasteiger partial charge in [-0.3, -0.25) is 4.79 Å². The van der Waals surface area contributed by atoms with Crippen LogP contribution in [0, 0.1) is 0 Å². The summed E-state index contributed by atoms with van der Waals surface area (Å²) in [5, 5.41) is 6.69. The van der Waals surface area contributed by atoms with Crippen molar-refractivity contribution in [3.05, 3.63) is 42.5 Å². The molecule has 0 radical (unpaired) electrons. The predicted octanol–water partition coefficient (Wildman–Crippen LogP) is 4.67. The molecule has 0 heterocycles. The van der Waals surface area contributed by atoms with Crippen LogP contribution in [-0.2, 0) is 14.4 Å². The molecule has 0 saturated carbocycles. The molecule has 0 bridgehead atoms. The van der Waals surface area contributed by atoms with Crippen LogP contribution in [0.15, 0.2) is 52.5 Å². The van der Waals surface area contributed by atoms with Gasteiger partial charge in [-0.15, -0.1) is 11.8 Å². The zero-order chi connectivity index (χ0) is 17.4. The molecule has 1 unspecified atom stereocenters. The second-order valence-corrected chi connectivity index (χ2v) is 6.78. The number of ether oxygens (including phenoxy) is 1. The average Bonchev–Trinajstić information content (AvgIpc) is 2.60. The van der Waals surface area contributed by atoms with E-state index in [1.54, 1.807) is 18.9 Å². The number of fused-ring (bicyclic) bond motifs is 1. The van der Waals surface area contributed by atoms with E-state index in [1.807, 2.05) is 19.1 Å². The summed E-state index contributed by atoms with van der Waals surface area (Å²) >= 11 is 1.75. The lowest BCUT2D eigenvalue weighted by atomic mass is 10.1. The van der Waals surface area contributed by atoms with Gasteiger partial charge >= 0.3 is 5.97 Å². The average molecular weight is 345 g/mol. The van der Waals surface area contributed by atoms with Crippen LogP contribution in [0.4, 0.5) is 0 Å². The van der Waals surface area contributed by atoms with Crippen LogP contribution >= 0.6 is 11.8 Å². The lowest BCUT2D eigenvalue weighted by Crippen LogP contribution is -2.15. The summed E-state index contributed by atoms with van der Waals surface area (Å²) in [4.78, 5) is 17.4. The van der Waals surface area contributed by atoms with Crippen molar-refractivity contribution < 1.29 is 14.4 Å². The summed E-state index contributed by atoms with van der Waals surface area (Å²) < 4.78 is 4.71. The molecule has 0 fully saturated rings. The van der Waals surface area contributed by atoms with Gasteiger partial charge in [-0.1, -0.05) is 35.5 Å². The summed E-state index contributed by atoms with van der Waals surface area (Å²) in [5.74, 6) is -0.175. The number of carbonyl (C=O) groups is 1. The van der Waals surface area contributed by atoms with Gasteiger partial charge in [0.2, 0.25) is 0 Å². The van der Waals surface area contributed by atoms with Crippen molar-refractivity contribution in [3.63, 3.8) is 0 Å². The van der Waals surface area contributed by atoms with Gasteiger partial charge in [0.15, 0.2) is 0 Å². The Hall–Kier alpha value is -2.01. The zero-order valence-electron chi connectivity index (χ0n) is 14.3. The molecule has 1 atom stereocenters. The van der Waals surface area contributed by atoms with Crippen molar-refractivity contribution in [2.45, 2.75) is 36.3 Å². The van der Waals surface area contributed by atoms with Gasteiger partial charge in [0.05, 0.1) is 18.1 Å². The van der Waals surface area contributed by atoms with Crippen LogP contribution in [-0.4, -0.2) is 31.2 Å². The number of thioether (sulfide) groups is 1. The largest absolute Gasteiger partial charge is 0.469 e. The molecule has 128 valence electrons. The van der Waals surface area contributed by atoms with Gasteiger partial charge < -0.3 is 9.57 Å². The van der Waals surface area contributed by atoms with Gasteiger partial charge in [-0.2, -0.15) is 0 Å². The van der Waals surface area contributed by atoms with Gasteiger partial charge in [0.25, 0.3) is 0 Å². The second-order valence-electron chi connectivity index (χ2n) is 5.50. The number of hydrogen-bond donors (Lipinski definition) is 0. The van der Waals surface area contributed by atoms with Crippen molar-refractivity contribution >= 4 is 34.2 Å². The van der Waals surface area contributed by atoms with E-state index in [1.165, 1.54) is 22.8 Å². The van der Waals surface area contributed by atoms with E-state index in [4.69, 9.17) is 9.57 Å². The van der Waals surface area contributed by atoms with Crippen LogP contribution in [0.2, 0.25) is 0 Å². The third-order valence-corrected chi connectivity index (χ3v) is 5.16. The van der Waals surface area contributed by atoms with E-state index in [0.29, 0.717) is 6.42 Å². The van der Waals surface area contributed by atoms with Crippen molar-refractivity contribution in [1.82, 2.24) is 0 Å². The summed E-state index contributed by atoms with van der Waals surface area (Å²) in [7, 11) is 2.97. The highest BCUT2D eigenvalue weighted by Gasteiger charge is 2.16. The molecule has 4 nitrogen and oxygen atoms in total. The second kappa shape index (κ2) is 9.33. The maximum Gasteiger partial charge on any atom is 0.305 e. The number of carbonyl (C=O) groups excluding carboxylic acids is 1. The van der Waals surface area contributed by atoms with Crippen LogP contribution in [0.3, 0.4) is 0 Å². The van der Waals surface area contributed by atoms with E-state index in [2.05, 4.69) is 35.5 Å². The monoisotopic (exact) mass is 345 g/mol. The number of methoxy groups -OCH3 is 1. The Labute approximate surface area is 147 Å². The Kier molecular flexibility index (Phi) is 7.12. The van der Waals surface area contributed by atoms with Crippen LogP contribution in [0.5, 0.6) is 0 Å². The van der Waals surface area contributed by atoms with E-state index < -0.39 is 0 Å². The van der Waals surface area contributed by atoms with Gasteiger partial charge in [0, 0.05) is 11.3 Å². The van der Waals surface area contributed by atoms with E-state index >= 15 is 0 Å². The first-order valence-corrected chi connectivity index (χ1v) is 8.82. The van der Waals surface area contributed by atoms with Crippen molar-refractivity contribution in [2.24, 2.45) is 5.16 Å². The first kappa shape index (κ1) is 18.3. The smallest absolute Gasteiger partial charge is 0.305 e. The molecular weight excluding hydrogens is 322 g/mol. The molecule has 0 aromatic heterocycles. The molecule has 0 N–H and O–H groups in total. The van der Waals surface area contributed by atoms with E-state index in [0.717, 1.165) is 18.6 Å². The minimum Gasteiger partial charge on any atom is -0.469 e. The van der Waals surface area contributed by atoms with Crippen LogP contribution < -0.4 is 0 Å². The fraction of sp³-hybridized carbons (Fsp3) is 0.368. The Balaban J connectivity index is 2.10. The lowest BCUT2D eigenvalue weighted by molar-refractivity contribution is -0.140. The number of benzene rings is 2. The molecule has 5 heteroatoms. The zero-order valence-corrected chi connectivity index (χ0v) is 15.1. The summed E-state index contributed by atoms with van der Waals surface area (Å²) in [5.41, 5.74) is 0.917. The standard InChI is InChI=1S/C19H23NO3S/c1-14(20-23-3)18(9-6-10-19(21)22-2)24-17-12-11-15-7-4-5-8-16(15)13-17/h4-5,7-8,11-13,18H,6,9-10H2,1-3H3/b20-14+. The highest BCUT2D eigenvalue weighted by Crippen LogP contribution is 2.30. The Bertz CT molecular complexity index is 715. The van der Waals surface area contributed by atoms with E-state index in [9.17, 15) is 4.79 Å². The highest BCUT2D eigenvalue weighted by atomic mass is 32.2. The number of oxime groups is 1. The van der Waals surface area contributed by atoms with Crippen molar-refractivity contribution in [3.8, 4) is 0 Å². The topological polar surface area (TPSA) is 47.9 Å². The predicted molar refractivity (Wildman–Crippen MR) is 99.6 cm³/mol. The maximum absolute atomic E-state index is 11.3. The molecule has 2 aromatic carbocycles. The Morgan fingerprint density at radius 1 is 1.17 bits per heavy atom. The van der Waals surface area contributed by atoms with Crippen LogP contribution in [0.1, 0.15) is 26.2 Å². The number of esters is 1. The molecule has 0 aliphatic heterocycles. The third-order valence-electron chi connectivity index (χ3n) is 3.78. The summed E-state index contributed by atoms with van der Waals surface area (Å²) in [6, 6.07) is 14.7. The highest BCUT2D eigenvalue weighted by molar-refractivity contribution is 8.00. The minimum absolute atomic E-state index is 0.163. The third kappa shape index (κ3) is 5.27. The maximum atomic E-state index is 11.3. The normalized spacial score (nSPS) is 12.9. The molecular formula is C19H23NO3S. The SMILES string of the molecule is CO/N=C(\C)C(CCCC(=O)OC)Sc1ccc2ccccc2c1. The van der Waals surface area contributed by atoms with Gasteiger partial charge in [0.1, 0.15) is 7.11 Å². The number of nitrogens with zero attached hydrogens (tertiary/aromatic N) is 1. The van der Waals surface area contributed by atoms with Gasteiger partial charge in [-0.05, 0) is 42.7 Å². The van der Waals surface area contributed by atoms with E-state index in [-0.39, 0.29) is 11.2 Å². The summed E-state index contributed by atoms with van der Waals surface area (Å²) in [6.07, 6.45) is 2.02. The molecule has 0 spiro atoms. The molecule has 0 aliphatic carbocycles. The minimum atomic E-state index is -0.175. The van der Waals surface area contributed by atoms with Gasteiger partial charge in [-0.25, -0.2) is 0 Å². The Morgan fingerprint density at radius 2 is 1.92 bits per heavy atom. The van der Waals surface area contributed by atoms with Crippen molar-refractivity contribution in [2.75, 3.05) is 14.2 Å². The fourth-order valence-electron chi connectivity index (χ4n) is 2.49. The number of rotatable bonds is 8. The molecule has 0 amide bonds. The molecule has 2 aromatic rings. The Morgan fingerprint density at radius 3 is 2.62 bits per heavy atom. The summed E-state index contributed by atoms with van der Waals surface area (Å²) in [6.45, 7) is 1.96. The quantitative estimate of drug-likeness (QED) is 0.302. The first-order chi connectivity index (χ1) is 11.6. The number of hydrogen-bond acceptors (Lipinski definition) is 5. The molecule has 24 heavy (non-hydrogen) atoms. The van der Waals surface area contributed by atoms with Crippen molar-refractivity contribution in [1.29, 1.82) is 0 Å². The lowest BCUT2D eigenvalue weighted by Gasteiger charge is -2.16. The molecule has 0 saturated heterocycles. The molecule has 2 rings (SSSR count). The fourth-order valence-corrected chi connectivity index (χ4v) is 3.66. The first-order valence-electron chi connectivity index (χ1n) is 7.94.